The topological polar surface area (TPSA) is 73.6 Å². The van der Waals surface area contributed by atoms with Crippen molar-refractivity contribution in [2.75, 3.05) is 18.5 Å². The molecule has 5 nitrogen and oxygen atoms in total. The predicted octanol–water partition coefficient (Wildman–Crippen LogP) is 3.58. The fourth-order valence-electron chi connectivity index (χ4n) is 3.03. The Labute approximate surface area is 154 Å². The van der Waals surface area contributed by atoms with Gasteiger partial charge < -0.3 is 20.5 Å². The lowest BCUT2D eigenvalue weighted by molar-refractivity contribution is -0.116. The second-order valence-electron chi connectivity index (χ2n) is 6.72. The van der Waals surface area contributed by atoms with Crippen LogP contribution in [0.3, 0.4) is 0 Å². The molecule has 5 heteroatoms. The van der Waals surface area contributed by atoms with Crippen molar-refractivity contribution in [1.82, 2.24) is 0 Å². The maximum atomic E-state index is 12.4. The molecule has 2 atom stereocenters. The molecule has 1 fully saturated rings. The van der Waals surface area contributed by atoms with Gasteiger partial charge in [-0.3, -0.25) is 4.79 Å². The molecule has 1 aliphatic heterocycles. The quantitative estimate of drug-likeness (QED) is 0.797. The number of rotatable bonds is 7. The summed E-state index contributed by atoms with van der Waals surface area (Å²) >= 11 is 0. The summed E-state index contributed by atoms with van der Waals surface area (Å²) in [4.78, 5) is 12.4. The molecular formula is C21H26N2O3. The van der Waals surface area contributed by atoms with Crippen molar-refractivity contribution in [3.05, 3.63) is 59.7 Å². The van der Waals surface area contributed by atoms with Crippen LogP contribution < -0.4 is 15.8 Å². The molecule has 0 spiro atoms. The van der Waals surface area contributed by atoms with E-state index in [0.29, 0.717) is 18.0 Å². The Hall–Kier alpha value is -2.37. The lowest BCUT2D eigenvalue weighted by Crippen LogP contribution is -2.21. The third-order valence-electron chi connectivity index (χ3n) is 4.49. The van der Waals surface area contributed by atoms with Crippen molar-refractivity contribution >= 4 is 11.6 Å². The number of carbonyl (C=O) groups excluding carboxylic acids is 1. The minimum absolute atomic E-state index is 0.130. The Morgan fingerprint density at radius 3 is 2.85 bits per heavy atom. The number of nitrogens with two attached hydrogens (primary N) is 1. The fraction of sp³-hybridized carbons (Fsp3) is 0.381. The molecule has 0 bridgehead atoms. The van der Waals surface area contributed by atoms with Gasteiger partial charge in [-0.15, -0.1) is 0 Å². The number of hydrogen-bond donors (Lipinski definition) is 2. The number of carbonyl (C=O) groups is 1. The van der Waals surface area contributed by atoms with E-state index in [0.717, 1.165) is 30.6 Å². The predicted molar refractivity (Wildman–Crippen MR) is 102 cm³/mol. The van der Waals surface area contributed by atoms with E-state index < -0.39 is 0 Å². The van der Waals surface area contributed by atoms with E-state index in [2.05, 4.69) is 5.32 Å². The first-order valence-corrected chi connectivity index (χ1v) is 9.07. The highest BCUT2D eigenvalue weighted by Crippen LogP contribution is 2.27. The van der Waals surface area contributed by atoms with Gasteiger partial charge in [0.05, 0.1) is 11.8 Å². The van der Waals surface area contributed by atoms with Crippen LogP contribution in [0, 0.1) is 6.92 Å². The second kappa shape index (κ2) is 8.83. The summed E-state index contributed by atoms with van der Waals surface area (Å²) < 4.78 is 11.5. The molecule has 1 amide bonds. The highest BCUT2D eigenvalue weighted by Gasteiger charge is 2.18. The van der Waals surface area contributed by atoms with E-state index in [9.17, 15) is 4.79 Å². The molecule has 0 aliphatic carbocycles. The normalized spacial score (nSPS) is 17.7. The van der Waals surface area contributed by atoms with Crippen LogP contribution in [0.1, 0.15) is 36.4 Å². The molecule has 2 unspecified atom stereocenters. The van der Waals surface area contributed by atoms with Gasteiger partial charge in [-0.1, -0.05) is 36.4 Å². The molecule has 26 heavy (non-hydrogen) atoms. The van der Waals surface area contributed by atoms with E-state index in [1.54, 1.807) is 0 Å². The molecule has 3 rings (SSSR count). The van der Waals surface area contributed by atoms with E-state index in [1.165, 1.54) is 0 Å². The van der Waals surface area contributed by atoms with Crippen molar-refractivity contribution < 1.29 is 14.3 Å². The molecule has 1 saturated heterocycles. The zero-order valence-electron chi connectivity index (χ0n) is 15.1. The SMILES string of the molecule is Cc1ccc(NC(=O)CC(N)c2ccccc2)c(OCC2CCCO2)c1. The maximum absolute atomic E-state index is 12.4. The van der Waals surface area contributed by atoms with Crippen LogP contribution in [-0.4, -0.2) is 25.2 Å². The van der Waals surface area contributed by atoms with Gasteiger partial charge in [0.25, 0.3) is 0 Å². The highest BCUT2D eigenvalue weighted by molar-refractivity contribution is 5.92. The van der Waals surface area contributed by atoms with E-state index in [1.807, 2.05) is 55.5 Å². The van der Waals surface area contributed by atoms with Gasteiger partial charge in [0.2, 0.25) is 5.91 Å². The molecule has 0 aromatic heterocycles. The van der Waals surface area contributed by atoms with E-state index >= 15 is 0 Å². The molecular weight excluding hydrogens is 328 g/mol. The van der Waals surface area contributed by atoms with Crippen LogP contribution in [0.4, 0.5) is 5.69 Å². The standard InChI is InChI=1S/C21H26N2O3/c1-15-9-10-19(20(12-15)26-14-17-8-5-11-25-17)23-21(24)13-18(22)16-6-3-2-4-7-16/h2-4,6-7,9-10,12,17-18H,5,8,11,13-14,22H2,1H3,(H,23,24). The summed E-state index contributed by atoms with van der Waals surface area (Å²) in [5.41, 5.74) is 8.83. The molecule has 2 aromatic carbocycles. The summed E-state index contributed by atoms with van der Waals surface area (Å²) in [5, 5.41) is 2.93. The van der Waals surface area contributed by atoms with E-state index in [-0.39, 0.29) is 24.5 Å². The molecule has 3 N–H and O–H groups in total. The van der Waals surface area contributed by atoms with Crippen LogP contribution in [0.2, 0.25) is 0 Å². The summed E-state index contributed by atoms with van der Waals surface area (Å²) in [6.45, 7) is 3.29. The molecule has 2 aromatic rings. The molecule has 0 saturated carbocycles. The van der Waals surface area contributed by atoms with Crippen molar-refractivity contribution in [1.29, 1.82) is 0 Å². The number of nitrogens with one attached hydrogen (secondary N) is 1. The Morgan fingerprint density at radius 1 is 1.31 bits per heavy atom. The van der Waals surface area contributed by atoms with Gasteiger partial charge in [-0.25, -0.2) is 0 Å². The largest absolute Gasteiger partial charge is 0.489 e. The first-order valence-electron chi connectivity index (χ1n) is 9.07. The minimum Gasteiger partial charge on any atom is -0.489 e. The van der Waals surface area contributed by atoms with Crippen LogP contribution in [-0.2, 0) is 9.53 Å². The summed E-state index contributed by atoms with van der Waals surface area (Å²) in [5.74, 6) is 0.536. The number of anilines is 1. The monoisotopic (exact) mass is 354 g/mol. The molecule has 1 aliphatic rings. The number of hydrogen-bond acceptors (Lipinski definition) is 4. The van der Waals surface area contributed by atoms with Gasteiger partial charge in [-0.2, -0.15) is 0 Å². The Balaban J connectivity index is 1.61. The smallest absolute Gasteiger partial charge is 0.226 e. The number of ether oxygens (including phenoxy) is 2. The van der Waals surface area contributed by atoms with Gasteiger partial charge in [0.15, 0.2) is 0 Å². The highest BCUT2D eigenvalue weighted by atomic mass is 16.5. The lowest BCUT2D eigenvalue weighted by atomic mass is 10.0. The minimum atomic E-state index is -0.335. The zero-order valence-corrected chi connectivity index (χ0v) is 15.1. The van der Waals surface area contributed by atoms with Crippen molar-refractivity contribution in [2.24, 2.45) is 5.73 Å². The summed E-state index contributed by atoms with van der Waals surface area (Å²) in [7, 11) is 0. The van der Waals surface area contributed by atoms with Gasteiger partial charge in [0, 0.05) is 19.1 Å². The average molecular weight is 354 g/mol. The first kappa shape index (κ1) is 18.4. The van der Waals surface area contributed by atoms with E-state index in [4.69, 9.17) is 15.2 Å². The van der Waals surface area contributed by atoms with Crippen molar-refractivity contribution in [3.8, 4) is 5.75 Å². The van der Waals surface area contributed by atoms with Gasteiger partial charge in [0.1, 0.15) is 12.4 Å². The third kappa shape index (κ3) is 5.07. The van der Waals surface area contributed by atoms with Crippen LogP contribution >= 0.6 is 0 Å². The van der Waals surface area contributed by atoms with Crippen LogP contribution in [0.15, 0.2) is 48.5 Å². The van der Waals surface area contributed by atoms with Crippen LogP contribution in [0.5, 0.6) is 5.75 Å². The Bertz CT molecular complexity index is 727. The number of amides is 1. The van der Waals surface area contributed by atoms with Gasteiger partial charge >= 0.3 is 0 Å². The average Bonchev–Trinajstić information content (AvgIpc) is 3.16. The lowest BCUT2D eigenvalue weighted by Gasteiger charge is -2.17. The molecule has 138 valence electrons. The number of benzene rings is 2. The van der Waals surface area contributed by atoms with Gasteiger partial charge in [-0.05, 0) is 43.0 Å². The number of aryl methyl sites for hydroxylation is 1. The Kier molecular flexibility index (Phi) is 6.26. The summed E-state index contributed by atoms with van der Waals surface area (Å²) in [6, 6.07) is 15.0. The van der Waals surface area contributed by atoms with Crippen molar-refractivity contribution in [3.63, 3.8) is 0 Å². The first-order chi connectivity index (χ1) is 12.6. The molecule has 1 heterocycles. The molecule has 0 radical (unpaired) electrons. The third-order valence-corrected chi connectivity index (χ3v) is 4.49. The van der Waals surface area contributed by atoms with Crippen molar-refractivity contribution in [2.45, 2.75) is 38.3 Å². The summed E-state index contributed by atoms with van der Waals surface area (Å²) in [6.07, 6.45) is 2.43. The second-order valence-corrected chi connectivity index (χ2v) is 6.72. The van der Waals surface area contributed by atoms with Crippen LogP contribution in [0.25, 0.3) is 0 Å². The zero-order chi connectivity index (χ0) is 18.4. The fourth-order valence-corrected chi connectivity index (χ4v) is 3.03. The maximum Gasteiger partial charge on any atom is 0.226 e. The Morgan fingerprint density at radius 2 is 2.12 bits per heavy atom.